The van der Waals surface area contributed by atoms with Gasteiger partial charge in [-0.25, -0.2) is 4.79 Å². The molecule has 1 saturated carbocycles. The number of amides is 3. The van der Waals surface area contributed by atoms with E-state index in [4.69, 9.17) is 5.11 Å². The normalized spacial score (nSPS) is 21.7. The van der Waals surface area contributed by atoms with Crippen LogP contribution < -0.4 is 16.0 Å². The van der Waals surface area contributed by atoms with Crippen molar-refractivity contribution in [2.24, 2.45) is 5.92 Å². The SMILES string of the molecule is CC(C)(C)NC(=O)CCNC(=O)NC1CCC(C(=O)O)C1. The number of rotatable bonds is 5. The standard InChI is InChI=1S/C14H25N3O4/c1-14(2,3)17-11(18)6-7-15-13(21)16-10-5-4-9(8-10)12(19)20/h9-10H,4-8H2,1-3H3,(H,17,18)(H,19,20)(H2,15,16,21). The van der Waals surface area contributed by atoms with E-state index >= 15 is 0 Å². The summed E-state index contributed by atoms with van der Waals surface area (Å²) in [6.07, 6.45) is 1.95. The largest absolute Gasteiger partial charge is 0.481 e. The molecule has 21 heavy (non-hydrogen) atoms. The quantitative estimate of drug-likeness (QED) is 0.603. The number of urea groups is 1. The maximum absolute atomic E-state index is 11.6. The Kier molecular flexibility index (Phi) is 5.99. The van der Waals surface area contributed by atoms with Crippen LogP contribution in [0.2, 0.25) is 0 Å². The van der Waals surface area contributed by atoms with Crippen molar-refractivity contribution < 1.29 is 19.5 Å². The molecule has 4 N–H and O–H groups in total. The summed E-state index contributed by atoms with van der Waals surface area (Å²) in [7, 11) is 0. The molecule has 0 spiro atoms. The third-order valence-electron chi connectivity index (χ3n) is 3.27. The summed E-state index contributed by atoms with van der Waals surface area (Å²) in [6, 6.07) is -0.455. The lowest BCUT2D eigenvalue weighted by Gasteiger charge is -2.20. The minimum atomic E-state index is -0.807. The van der Waals surface area contributed by atoms with Crippen LogP contribution in [0.25, 0.3) is 0 Å². The Morgan fingerprint density at radius 3 is 2.38 bits per heavy atom. The van der Waals surface area contributed by atoms with Crippen molar-refractivity contribution in [1.29, 1.82) is 0 Å². The van der Waals surface area contributed by atoms with Gasteiger partial charge in [0.1, 0.15) is 0 Å². The molecule has 0 aromatic carbocycles. The molecule has 0 bridgehead atoms. The zero-order valence-corrected chi connectivity index (χ0v) is 12.9. The third kappa shape index (κ3) is 6.97. The highest BCUT2D eigenvalue weighted by molar-refractivity contribution is 5.78. The van der Waals surface area contributed by atoms with Crippen molar-refractivity contribution in [3.8, 4) is 0 Å². The highest BCUT2D eigenvalue weighted by atomic mass is 16.4. The summed E-state index contributed by atoms with van der Waals surface area (Å²) in [6.45, 7) is 5.93. The number of nitrogens with one attached hydrogen (secondary N) is 3. The average molecular weight is 299 g/mol. The molecule has 7 nitrogen and oxygen atoms in total. The molecule has 2 atom stereocenters. The zero-order valence-electron chi connectivity index (χ0n) is 12.9. The lowest BCUT2D eigenvalue weighted by atomic mass is 10.1. The number of aliphatic carboxylic acids is 1. The molecule has 3 amide bonds. The van der Waals surface area contributed by atoms with E-state index in [0.29, 0.717) is 19.3 Å². The predicted octanol–water partition coefficient (Wildman–Crippen LogP) is 0.844. The Hall–Kier alpha value is -1.79. The third-order valence-corrected chi connectivity index (χ3v) is 3.27. The summed E-state index contributed by atoms with van der Waals surface area (Å²) >= 11 is 0. The number of carboxylic acids is 1. The molecule has 7 heteroatoms. The first-order chi connectivity index (χ1) is 9.67. The maximum Gasteiger partial charge on any atom is 0.315 e. The summed E-state index contributed by atoms with van der Waals surface area (Å²) in [5, 5.41) is 17.0. The summed E-state index contributed by atoms with van der Waals surface area (Å²) < 4.78 is 0. The van der Waals surface area contributed by atoms with E-state index < -0.39 is 5.97 Å². The Balaban J connectivity index is 2.18. The molecule has 1 rings (SSSR count). The molecular weight excluding hydrogens is 274 g/mol. The van der Waals surface area contributed by atoms with E-state index in [1.165, 1.54) is 0 Å². The van der Waals surface area contributed by atoms with E-state index in [2.05, 4.69) is 16.0 Å². The van der Waals surface area contributed by atoms with E-state index in [1.807, 2.05) is 20.8 Å². The topological polar surface area (TPSA) is 108 Å². The van der Waals surface area contributed by atoms with Gasteiger partial charge in [0.15, 0.2) is 0 Å². The second-order valence-electron chi connectivity index (χ2n) is 6.49. The van der Waals surface area contributed by atoms with Crippen molar-refractivity contribution in [3.05, 3.63) is 0 Å². The zero-order chi connectivity index (χ0) is 16.0. The predicted molar refractivity (Wildman–Crippen MR) is 77.8 cm³/mol. The van der Waals surface area contributed by atoms with Gasteiger partial charge in [-0.1, -0.05) is 0 Å². The number of hydrogen-bond acceptors (Lipinski definition) is 3. The van der Waals surface area contributed by atoms with Gasteiger partial charge < -0.3 is 21.1 Å². The minimum absolute atomic E-state index is 0.102. The lowest BCUT2D eigenvalue weighted by Crippen LogP contribution is -2.44. The molecule has 0 aromatic heterocycles. The van der Waals surface area contributed by atoms with Gasteiger partial charge in [-0.15, -0.1) is 0 Å². The van der Waals surface area contributed by atoms with Gasteiger partial charge in [-0.2, -0.15) is 0 Å². The van der Waals surface area contributed by atoms with E-state index in [-0.39, 0.29) is 42.4 Å². The summed E-state index contributed by atoms with van der Waals surface area (Å²) in [4.78, 5) is 34.0. The van der Waals surface area contributed by atoms with Gasteiger partial charge in [0, 0.05) is 24.5 Å². The van der Waals surface area contributed by atoms with Crippen molar-refractivity contribution in [1.82, 2.24) is 16.0 Å². The number of carbonyl (C=O) groups is 3. The Morgan fingerprint density at radius 1 is 1.19 bits per heavy atom. The number of carboxylic acid groups (broad SMARTS) is 1. The molecule has 2 unspecified atom stereocenters. The Labute approximate surface area is 124 Å². The van der Waals surface area contributed by atoms with Crippen LogP contribution in [0, 0.1) is 5.92 Å². The first-order valence-corrected chi connectivity index (χ1v) is 7.25. The fraction of sp³-hybridized carbons (Fsp3) is 0.786. The molecule has 1 aliphatic rings. The first kappa shape index (κ1) is 17.3. The van der Waals surface area contributed by atoms with Gasteiger partial charge in [0.25, 0.3) is 0 Å². The average Bonchev–Trinajstić information content (AvgIpc) is 2.74. The van der Waals surface area contributed by atoms with Gasteiger partial charge in [0.2, 0.25) is 5.91 Å². The molecule has 0 heterocycles. The van der Waals surface area contributed by atoms with Gasteiger partial charge in [0.05, 0.1) is 5.92 Å². The smallest absolute Gasteiger partial charge is 0.315 e. The number of hydrogen-bond donors (Lipinski definition) is 4. The van der Waals surface area contributed by atoms with Crippen LogP contribution in [-0.4, -0.2) is 41.1 Å². The van der Waals surface area contributed by atoms with Gasteiger partial charge in [-0.3, -0.25) is 9.59 Å². The minimum Gasteiger partial charge on any atom is -0.481 e. The second kappa shape index (κ2) is 7.28. The second-order valence-corrected chi connectivity index (χ2v) is 6.49. The van der Waals surface area contributed by atoms with Crippen LogP contribution in [0.1, 0.15) is 46.5 Å². The molecule has 1 fully saturated rings. The van der Waals surface area contributed by atoms with E-state index in [9.17, 15) is 14.4 Å². The molecule has 0 aromatic rings. The van der Waals surface area contributed by atoms with Crippen LogP contribution in [-0.2, 0) is 9.59 Å². The monoisotopic (exact) mass is 299 g/mol. The first-order valence-electron chi connectivity index (χ1n) is 7.25. The van der Waals surface area contributed by atoms with E-state index in [0.717, 1.165) is 0 Å². The fourth-order valence-corrected chi connectivity index (χ4v) is 2.34. The van der Waals surface area contributed by atoms with Crippen molar-refractivity contribution in [2.75, 3.05) is 6.54 Å². The van der Waals surface area contributed by atoms with E-state index in [1.54, 1.807) is 0 Å². The van der Waals surface area contributed by atoms with Gasteiger partial charge in [-0.05, 0) is 40.0 Å². The van der Waals surface area contributed by atoms with Crippen LogP contribution in [0.4, 0.5) is 4.79 Å². The maximum atomic E-state index is 11.6. The van der Waals surface area contributed by atoms with Crippen LogP contribution in [0.15, 0.2) is 0 Å². The highest BCUT2D eigenvalue weighted by Gasteiger charge is 2.30. The molecule has 0 aliphatic heterocycles. The molecule has 120 valence electrons. The van der Waals surface area contributed by atoms with Crippen LogP contribution >= 0.6 is 0 Å². The molecule has 1 aliphatic carbocycles. The fourth-order valence-electron chi connectivity index (χ4n) is 2.34. The van der Waals surface area contributed by atoms with Crippen molar-refractivity contribution >= 4 is 17.9 Å². The van der Waals surface area contributed by atoms with Crippen molar-refractivity contribution in [3.63, 3.8) is 0 Å². The lowest BCUT2D eigenvalue weighted by molar-refractivity contribution is -0.141. The summed E-state index contributed by atoms with van der Waals surface area (Å²) in [5.41, 5.74) is -0.283. The molecular formula is C14H25N3O4. The Bertz CT molecular complexity index is 404. The number of carbonyl (C=O) groups excluding carboxylic acids is 2. The van der Waals surface area contributed by atoms with Crippen LogP contribution in [0.3, 0.4) is 0 Å². The van der Waals surface area contributed by atoms with Crippen molar-refractivity contribution in [2.45, 2.75) is 58.0 Å². The van der Waals surface area contributed by atoms with Gasteiger partial charge >= 0.3 is 12.0 Å². The van der Waals surface area contributed by atoms with Crippen LogP contribution in [0.5, 0.6) is 0 Å². The highest BCUT2D eigenvalue weighted by Crippen LogP contribution is 2.25. The molecule has 0 radical (unpaired) electrons. The molecule has 0 saturated heterocycles. The Morgan fingerprint density at radius 2 is 1.86 bits per heavy atom. The summed E-state index contributed by atoms with van der Waals surface area (Å²) in [5.74, 6) is -1.29.